The number of methoxy groups -OCH3 is 1. The van der Waals surface area contributed by atoms with Crippen molar-refractivity contribution in [1.29, 1.82) is 0 Å². The maximum Gasteiger partial charge on any atom is 0.0933 e. The Balaban J connectivity index is 1.70. The van der Waals surface area contributed by atoms with Crippen molar-refractivity contribution in [2.45, 2.75) is 19.8 Å². The first-order valence-corrected chi connectivity index (χ1v) is 6.34. The summed E-state index contributed by atoms with van der Waals surface area (Å²) >= 11 is 0. The van der Waals surface area contributed by atoms with Gasteiger partial charge >= 0.3 is 0 Å². The Bertz CT molecular complexity index is 468. The number of ether oxygens (including phenoxy) is 1. The monoisotopic (exact) mass is 257 g/mol. The van der Waals surface area contributed by atoms with Crippen LogP contribution < -0.4 is 5.48 Å². The van der Waals surface area contributed by atoms with Gasteiger partial charge in [0.25, 0.3) is 0 Å². The van der Waals surface area contributed by atoms with Gasteiger partial charge in [-0.3, -0.25) is 4.84 Å². The van der Waals surface area contributed by atoms with Crippen molar-refractivity contribution in [2.24, 2.45) is 0 Å². The molecule has 2 aromatic carbocycles. The van der Waals surface area contributed by atoms with E-state index in [4.69, 9.17) is 9.57 Å². The lowest BCUT2D eigenvalue weighted by Crippen LogP contribution is -2.13. The summed E-state index contributed by atoms with van der Waals surface area (Å²) in [5.74, 6) is 0. The molecule has 19 heavy (non-hydrogen) atoms. The fourth-order valence-electron chi connectivity index (χ4n) is 1.76. The van der Waals surface area contributed by atoms with E-state index in [0.717, 1.165) is 5.56 Å². The molecule has 0 radical (unpaired) electrons. The molecule has 0 amide bonds. The van der Waals surface area contributed by atoms with Crippen LogP contribution in [0.2, 0.25) is 0 Å². The molecule has 0 saturated heterocycles. The Morgan fingerprint density at radius 3 is 2.11 bits per heavy atom. The second kappa shape index (κ2) is 7.69. The topological polar surface area (TPSA) is 30.5 Å². The van der Waals surface area contributed by atoms with E-state index in [1.807, 2.05) is 30.3 Å². The standard InChI is InChI=1S/C16H19NO2/c1-18-12-16-9-7-14(8-10-16)11-17-19-13-15-5-3-2-4-6-15/h2-10,17H,11-13H2,1H3. The fourth-order valence-corrected chi connectivity index (χ4v) is 1.76. The van der Waals surface area contributed by atoms with Crippen molar-refractivity contribution in [3.05, 3.63) is 71.3 Å². The molecule has 0 aliphatic rings. The average Bonchev–Trinajstić information content (AvgIpc) is 2.47. The summed E-state index contributed by atoms with van der Waals surface area (Å²) < 4.78 is 5.07. The van der Waals surface area contributed by atoms with E-state index in [1.165, 1.54) is 11.1 Å². The second-order valence-corrected chi connectivity index (χ2v) is 4.34. The van der Waals surface area contributed by atoms with Gasteiger partial charge in [-0.15, -0.1) is 0 Å². The number of rotatable bonds is 7. The predicted octanol–water partition coefficient (Wildman–Crippen LogP) is 3.05. The second-order valence-electron chi connectivity index (χ2n) is 4.34. The van der Waals surface area contributed by atoms with E-state index in [-0.39, 0.29) is 0 Å². The third kappa shape index (κ3) is 4.83. The Kier molecular flexibility index (Phi) is 5.56. The third-order valence-electron chi connectivity index (χ3n) is 2.79. The molecule has 3 nitrogen and oxygen atoms in total. The molecule has 0 heterocycles. The first-order chi connectivity index (χ1) is 9.38. The van der Waals surface area contributed by atoms with Crippen LogP contribution in [0.25, 0.3) is 0 Å². The van der Waals surface area contributed by atoms with Gasteiger partial charge in [-0.25, -0.2) is 0 Å². The highest BCUT2D eigenvalue weighted by Gasteiger charge is 1.95. The van der Waals surface area contributed by atoms with E-state index in [1.54, 1.807) is 7.11 Å². The Morgan fingerprint density at radius 2 is 1.42 bits per heavy atom. The molecular formula is C16H19NO2. The number of hydroxylamine groups is 1. The molecule has 0 fully saturated rings. The normalized spacial score (nSPS) is 10.6. The minimum atomic E-state index is 0.572. The van der Waals surface area contributed by atoms with Crippen molar-refractivity contribution in [3.63, 3.8) is 0 Å². The number of benzene rings is 2. The van der Waals surface area contributed by atoms with Crippen LogP contribution >= 0.6 is 0 Å². The zero-order valence-electron chi connectivity index (χ0n) is 11.1. The number of hydrogen-bond donors (Lipinski definition) is 1. The van der Waals surface area contributed by atoms with Crippen LogP contribution in [-0.2, 0) is 29.3 Å². The summed E-state index contributed by atoms with van der Waals surface area (Å²) in [5, 5.41) is 0. The van der Waals surface area contributed by atoms with Gasteiger partial charge in [-0.2, -0.15) is 5.48 Å². The number of hydrogen-bond acceptors (Lipinski definition) is 3. The summed E-state index contributed by atoms with van der Waals surface area (Å²) in [6, 6.07) is 18.4. The molecule has 100 valence electrons. The minimum absolute atomic E-state index is 0.572. The zero-order chi connectivity index (χ0) is 13.3. The lowest BCUT2D eigenvalue weighted by molar-refractivity contribution is 0.0235. The fraction of sp³-hybridized carbons (Fsp3) is 0.250. The average molecular weight is 257 g/mol. The van der Waals surface area contributed by atoms with Gasteiger partial charge in [-0.1, -0.05) is 54.6 Å². The van der Waals surface area contributed by atoms with Crippen molar-refractivity contribution in [3.8, 4) is 0 Å². The summed E-state index contributed by atoms with van der Waals surface area (Å²) in [4.78, 5) is 5.43. The van der Waals surface area contributed by atoms with Crippen molar-refractivity contribution < 1.29 is 9.57 Å². The molecule has 0 spiro atoms. The minimum Gasteiger partial charge on any atom is -0.380 e. The highest BCUT2D eigenvalue weighted by atomic mass is 16.6. The molecule has 0 bridgehead atoms. The summed E-state index contributed by atoms with van der Waals surface area (Å²) in [7, 11) is 1.70. The first-order valence-electron chi connectivity index (χ1n) is 6.34. The Hall–Kier alpha value is -1.68. The maximum absolute atomic E-state index is 5.43. The molecule has 0 unspecified atom stereocenters. The molecular weight excluding hydrogens is 238 g/mol. The molecule has 2 aromatic rings. The van der Waals surface area contributed by atoms with Gasteiger partial charge < -0.3 is 4.74 Å². The molecule has 3 heteroatoms. The van der Waals surface area contributed by atoms with Gasteiger partial charge in [0.2, 0.25) is 0 Å². The lowest BCUT2D eigenvalue weighted by atomic mass is 10.1. The van der Waals surface area contributed by atoms with Crippen LogP contribution in [0, 0.1) is 0 Å². The summed E-state index contributed by atoms with van der Waals surface area (Å²) in [5.41, 5.74) is 6.49. The lowest BCUT2D eigenvalue weighted by Gasteiger charge is -2.07. The molecule has 0 aliphatic heterocycles. The quantitative estimate of drug-likeness (QED) is 0.611. The van der Waals surface area contributed by atoms with Crippen LogP contribution in [0.15, 0.2) is 54.6 Å². The maximum atomic E-state index is 5.43. The van der Waals surface area contributed by atoms with Crippen LogP contribution in [0.3, 0.4) is 0 Å². The van der Waals surface area contributed by atoms with Gasteiger partial charge in [0, 0.05) is 13.7 Å². The van der Waals surface area contributed by atoms with Gasteiger partial charge in [0.05, 0.1) is 13.2 Å². The number of nitrogens with one attached hydrogen (secondary N) is 1. The van der Waals surface area contributed by atoms with E-state index >= 15 is 0 Å². The van der Waals surface area contributed by atoms with Crippen molar-refractivity contribution >= 4 is 0 Å². The first kappa shape index (κ1) is 13.7. The predicted molar refractivity (Wildman–Crippen MR) is 75.2 cm³/mol. The van der Waals surface area contributed by atoms with Gasteiger partial charge in [-0.05, 0) is 16.7 Å². The molecule has 0 aromatic heterocycles. The van der Waals surface area contributed by atoms with Crippen LogP contribution in [0.5, 0.6) is 0 Å². The smallest absolute Gasteiger partial charge is 0.0933 e. The Labute approximate surface area is 114 Å². The highest BCUT2D eigenvalue weighted by Crippen LogP contribution is 2.05. The van der Waals surface area contributed by atoms with Gasteiger partial charge in [0.15, 0.2) is 0 Å². The van der Waals surface area contributed by atoms with Gasteiger partial charge in [0.1, 0.15) is 0 Å². The van der Waals surface area contributed by atoms with Crippen LogP contribution in [-0.4, -0.2) is 7.11 Å². The molecule has 1 N–H and O–H groups in total. The van der Waals surface area contributed by atoms with Crippen LogP contribution in [0.1, 0.15) is 16.7 Å². The van der Waals surface area contributed by atoms with E-state index in [2.05, 4.69) is 29.7 Å². The molecule has 0 aliphatic carbocycles. The van der Waals surface area contributed by atoms with E-state index in [9.17, 15) is 0 Å². The largest absolute Gasteiger partial charge is 0.380 e. The summed E-state index contributed by atoms with van der Waals surface area (Å²) in [6.07, 6.45) is 0. The molecule has 0 saturated carbocycles. The zero-order valence-corrected chi connectivity index (χ0v) is 11.1. The molecule has 0 atom stereocenters. The SMILES string of the molecule is COCc1ccc(CNOCc2ccccc2)cc1. The van der Waals surface area contributed by atoms with E-state index < -0.39 is 0 Å². The summed E-state index contributed by atoms with van der Waals surface area (Å²) in [6.45, 7) is 1.92. The van der Waals surface area contributed by atoms with Crippen LogP contribution in [0.4, 0.5) is 0 Å². The van der Waals surface area contributed by atoms with Crippen molar-refractivity contribution in [1.82, 2.24) is 5.48 Å². The van der Waals surface area contributed by atoms with E-state index in [0.29, 0.717) is 19.8 Å². The Morgan fingerprint density at radius 1 is 0.789 bits per heavy atom. The van der Waals surface area contributed by atoms with Crippen molar-refractivity contribution in [2.75, 3.05) is 7.11 Å². The molecule has 2 rings (SSSR count). The third-order valence-corrected chi connectivity index (χ3v) is 2.79. The highest BCUT2D eigenvalue weighted by molar-refractivity contribution is 5.21.